The molecule has 0 heterocycles. The Hall–Kier alpha value is 0.0700. The predicted octanol–water partition coefficient (Wildman–Crippen LogP) is 2.46. The number of carbonyl (C=O) groups is 1. The molecule has 1 rings (SSSR count). The van der Waals surface area contributed by atoms with Gasteiger partial charge in [0, 0.05) is 34.6 Å². The van der Waals surface area contributed by atoms with Crippen molar-refractivity contribution >= 4 is 58.7 Å². The fourth-order valence-corrected chi connectivity index (χ4v) is 1.26. The van der Waals surface area contributed by atoms with E-state index < -0.39 is 12.1 Å². The molecule has 0 saturated carbocycles. The number of benzene rings is 1. The van der Waals surface area contributed by atoms with Gasteiger partial charge in [0.1, 0.15) is 5.75 Å². The van der Waals surface area contributed by atoms with Gasteiger partial charge in [-0.05, 0) is 25.1 Å². The smallest absolute Gasteiger partial charge is 0.344 e. The minimum atomic E-state index is -1.05. The van der Waals surface area contributed by atoms with Crippen LogP contribution in [0.3, 0.4) is 0 Å². The van der Waals surface area contributed by atoms with Crippen LogP contribution in [0.2, 0.25) is 10.0 Å². The van der Waals surface area contributed by atoms with Crippen molar-refractivity contribution in [2.45, 2.75) is 13.0 Å². The zero-order valence-electron chi connectivity index (χ0n) is 8.33. The quantitative estimate of drug-likeness (QED) is 0.847. The molecule has 1 atom stereocenters. The Kier molecular flexibility index (Phi) is 6.64. The SMILES string of the molecule is CC(Oc1ccc(Cl)cc1Cl)C(=O)O.[Na]. The van der Waals surface area contributed by atoms with Crippen LogP contribution in [0, 0.1) is 0 Å². The first kappa shape index (κ1) is 15.1. The minimum Gasteiger partial charge on any atom is -0.479 e. The summed E-state index contributed by atoms with van der Waals surface area (Å²) < 4.78 is 5.07. The molecule has 6 heteroatoms. The maximum atomic E-state index is 10.5. The van der Waals surface area contributed by atoms with E-state index in [1.165, 1.54) is 19.1 Å². The number of carboxylic acids is 1. The van der Waals surface area contributed by atoms with Gasteiger partial charge in [0.2, 0.25) is 0 Å². The molecule has 15 heavy (non-hydrogen) atoms. The molecule has 1 radical (unpaired) electrons. The summed E-state index contributed by atoms with van der Waals surface area (Å²) in [7, 11) is 0. The first-order valence-corrected chi connectivity index (χ1v) is 4.61. The third kappa shape index (κ3) is 4.62. The second kappa shape index (κ2) is 6.61. The fraction of sp³-hybridized carbons (Fsp3) is 0.222. The van der Waals surface area contributed by atoms with Crippen molar-refractivity contribution in [3.05, 3.63) is 28.2 Å². The monoisotopic (exact) mass is 257 g/mol. The molecule has 3 nitrogen and oxygen atoms in total. The Morgan fingerprint density at radius 3 is 2.53 bits per heavy atom. The molecule has 1 aromatic rings. The third-order valence-electron chi connectivity index (χ3n) is 1.55. The Balaban J connectivity index is 0.00000196. The van der Waals surface area contributed by atoms with E-state index in [0.717, 1.165) is 0 Å². The Labute approximate surface area is 120 Å². The largest absolute Gasteiger partial charge is 0.479 e. The van der Waals surface area contributed by atoms with Gasteiger partial charge in [-0.2, -0.15) is 0 Å². The summed E-state index contributed by atoms with van der Waals surface area (Å²) in [5.41, 5.74) is 0. The molecule has 1 unspecified atom stereocenters. The normalized spacial score (nSPS) is 11.4. The van der Waals surface area contributed by atoms with Gasteiger partial charge >= 0.3 is 5.97 Å². The van der Waals surface area contributed by atoms with Crippen molar-refractivity contribution in [3.63, 3.8) is 0 Å². The Morgan fingerprint density at radius 1 is 1.47 bits per heavy atom. The zero-order valence-corrected chi connectivity index (χ0v) is 11.8. The van der Waals surface area contributed by atoms with Gasteiger partial charge in [-0.15, -0.1) is 0 Å². The van der Waals surface area contributed by atoms with Crippen molar-refractivity contribution in [3.8, 4) is 5.75 Å². The second-order valence-corrected chi connectivity index (χ2v) is 3.52. The van der Waals surface area contributed by atoms with Gasteiger partial charge in [0.05, 0.1) is 5.02 Å². The summed E-state index contributed by atoms with van der Waals surface area (Å²) in [5, 5.41) is 9.37. The van der Waals surface area contributed by atoms with E-state index in [9.17, 15) is 4.79 Å². The summed E-state index contributed by atoms with van der Waals surface area (Å²) in [4.78, 5) is 10.5. The summed E-state index contributed by atoms with van der Waals surface area (Å²) in [6, 6.07) is 4.61. The fourth-order valence-electron chi connectivity index (χ4n) is 0.812. The van der Waals surface area contributed by atoms with E-state index in [-0.39, 0.29) is 29.6 Å². The summed E-state index contributed by atoms with van der Waals surface area (Å²) in [5.74, 6) is -0.734. The van der Waals surface area contributed by atoms with Crippen LogP contribution < -0.4 is 4.74 Å². The van der Waals surface area contributed by atoms with Crippen LogP contribution in [0.25, 0.3) is 0 Å². The molecule has 0 fully saturated rings. The van der Waals surface area contributed by atoms with Gasteiger partial charge in [-0.25, -0.2) is 4.79 Å². The average Bonchev–Trinajstić information content (AvgIpc) is 2.09. The number of aliphatic carboxylic acids is 1. The molecule has 77 valence electrons. The number of rotatable bonds is 3. The van der Waals surface area contributed by atoms with Crippen LogP contribution >= 0.6 is 23.2 Å². The van der Waals surface area contributed by atoms with Crippen LogP contribution in [0.1, 0.15) is 6.92 Å². The van der Waals surface area contributed by atoms with Gasteiger partial charge in [-0.1, -0.05) is 23.2 Å². The van der Waals surface area contributed by atoms with Gasteiger partial charge in [0.15, 0.2) is 6.10 Å². The van der Waals surface area contributed by atoms with Crippen molar-refractivity contribution in [1.82, 2.24) is 0 Å². The standard InChI is InChI=1S/C9H8Cl2O3.Na/c1-5(9(12)13)14-8-3-2-6(10)4-7(8)11;/h2-5H,1H3,(H,12,13);. The molecule has 0 aliphatic rings. The molecule has 0 aromatic heterocycles. The van der Waals surface area contributed by atoms with Gasteiger partial charge in [0.25, 0.3) is 0 Å². The maximum Gasteiger partial charge on any atom is 0.344 e. The molecule has 1 N–H and O–H groups in total. The molecule has 0 spiro atoms. The van der Waals surface area contributed by atoms with E-state index in [2.05, 4.69) is 0 Å². The van der Waals surface area contributed by atoms with Crippen molar-refractivity contribution < 1.29 is 14.6 Å². The molecular weight excluding hydrogens is 250 g/mol. The van der Waals surface area contributed by atoms with Crippen LogP contribution in [0.4, 0.5) is 0 Å². The molecule has 1 aromatic carbocycles. The molecule has 0 saturated heterocycles. The van der Waals surface area contributed by atoms with Gasteiger partial charge in [-0.3, -0.25) is 0 Å². The third-order valence-corrected chi connectivity index (χ3v) is 2.08. The first-order valence-electron chi connectivity index (χ1n) is 3.85. The predicted molar refractivity (Wildman–Crippen MR) is 59.9 cm³/mol. The summed E-state index contributed by atoms with van der Waals surface area (Å²) >= 11 is 11.4. The zero-order chi connectivity index (χ0) is 10.7. The molecular formula is C9H8Cl2NaO3. The van der Waals surface area contributed by atoms with Crippen LogP contribution in [-0.4, -0.2) is 46.7 Å². The molecule has 0 amide bonds. The number of ether oxygens (including phenoxy) is 1. The Bertz CT molecular complexity index is 357. The molecule has 0 aliphatic carbocycles. The number of halogens is 2. The second-order valence-electron chi connectivity index (χ2n) is 2.67. The van der Waals surface area contributed by atoms with Crippen LogP contribution in [-0.2, 0) is 4.79 Å². The van der Waals surface area contributed by atoms with E-state index >= 15 is 0 Å². The Morgan fingerprint density at radius 2 is 2.07 bits per heavy atom. The topological polar surface area (TPSA) is 46.5 Å². The summed E-state index contributed by atoms with van der Waals surface area (Å²) in [6.45, 7) is 1.42. The molecule has 0 aliphatic heterocycles. The van der Waals surface area contributed by atoms with E-state index in [1.807, 2.05) is 0 Å². The van der Waals surface area contributed by atoms with E-state index in [4.69, 9.17) is 33.0 Å². The minimum absolute atomic E-state index is 0. The molecule has 0 bridgehead atoms. The van der Waals surface area contributed by atoms with Crippen molar-refractivity contribution in [1.29, 1.82) is 0 Å². The van der Waals surface area contributed by atoms with E-state index in [1.54, 1.807) is 6.07 Å². The number of carboxylic acid groups (broad SMARTS) is 1. The number of hydrogen-bond acceptors (Lipinski definition) is 2. The van der Waals surface area contributed by atoms with Gasteiger partial charge < -0.3 is 9.84 Å². The van der Waals surface area contributed by atoms with E-state index in [0.29, 0.717) is 15.8 Å². The average molecular weight is 258 g/mol. The first-order chi connectivity index (χ1) is 6.50. The number of hydrogen-bond donors (Lipinski definition) is 1. The van der Waals surface area contributed by atoms with Crippen molar-refractivity contribution in [2.24, 2.45) is 0 Å². The maximum absolute atomic E-state index is 10.5. The van der Waals surface area contributed by atoms with Crippen LogP contribution in [0.5, 0.6) is 5.75 Å². The van der Waals surface area contributed by atoms with Crippen molar-refractivity contribution in [2.75, 3.05) is 0 Å². The summed E-state index contributed by atoms with van der Waals surface area (Å²) in [6.07, 6.45) is -0.936. The van der Waals surface area contributed by atoms with Crippen LogP contribution in [0.15, 0.2) is 18.2 Å².